The monoisotopic (exact) mass is 311 g/mol. The Morgan fingerprint density at radius 2 is 1.76 bits per heavy atom. The Labute approximate surface area is 115 Å². The van der Waals surface area contributed by atoms with E-state index >= 15 is 0 Å². The lowest BCUT2D eigenvalue weighted by Gasteiger charge is -2.08. The molecule has 0 unspecified atom stereocenters. The molecule has 0 saturated carbocycles. The van der Waals surface area contributed by atoms with Gasteiger partial charge in [0.2, 0.25) is 0 Å². The minimum atomic E-state index is -3.41. The van der Waals surface area contributed by atoms with Crippen LogP contribution in [-0.4, -0.2) is 14.2 Å². The molecule has 1 aromatic rings. The highest BCUT2D eigenvalue weighted by molar-refractivity contribution is 7.90. The largest absolute Gasteiger partial charge is 0.228 e. The Bertz CT molecular complexity index is 564. The van der Waals surface area contributed by atoms with Gasteiger partial charge in [0.1, 0.15) is 0 Å². The summed E-state index contributed by atoms with van der Waals surface area (Å²) in [4.78, 5) is 0. The van der Waals surface area contributed by atoms with Crippen molar-refractivity contribution < 1.29 is 8.42 Å². The molecule has 1 aromatic carbocycles. The van der Waals surface area contributed by atoms with Crippen LogP contribution in [-0.2, 0) is 15.6 Å². The van der Waals surface area contributed by atoms with Gasteiger partial charge in [0, 0.05) is 17.0 Å². The van der Waals surface area contributed by atoms with Crippen LogP contribution < -0.4 is 0 Å². The van der Waals surface area contributed by atoms with Gasteiger partial charge in [-0.1, -0.05) is 34.8 Å². The molecule has 0 spiro atoms. The third-order valence-corrected chi connectivity index (χ3v) is 4.78. The first-order valence-corrected chi connectivity index (χ1v) is 7.52. The molecule has 0 bridgehead atoms. The van der Waals surface area contributed by atoms with Crippen molar-refractivity contribution in [2.24, 2.45) is 0 Å². The maximum atomic E-state index is 11.7. The standard InChI is InChI=1S/C10H8Cl3NO2S/c11-8-2-3-9(12)10(13)7(8)6-17(15,16)5-1-4-14/h2-3H,1,5-6H2. The molecule has 0 radical (unpaired) electrons. The highest BCUT2D eigenvalue weighted by Gasteiger charge is 2.18. The van der Waals surface area contributed by atoms with E-state index < -0.39 is 9.84 Å². The summed E-state index contributed by atoms with van der Waals surface area (Å²) < 4.78 is 23.3. The summed E-state index contributed by atoms with van der Waals surface area (Å²) in [6, 6.07) is 4.77. The van der Waals surface area contributed by atoms with Crippen molar-refractivity contribution in [3.05, 3.63) is 32.8 Å². The molecule has 0 aliphatic carbocycles. The topological polar surface area (TPSA) is 57.9 Å². The van der Waals surface area contributed by atoms with E-state index in [1.54, 1.807) is 6.07 Å². The van der Waals surface area contributed by atoms with Crippen LogP contribution in [0, 0.1) is 11.3 Å². The molecule has 92 valence electrons. The predicted octanol–water partition coefficient (Wildman–Crippen LogP) is 3.48. The summed E-state index contributed by atoms with van der Waals surface area (Å²) in [5.74, 6) is -0.532. The average Bonchev–Trinajstić information content (AvgIpc) is 2.27. The van der Waals surface area contributed by atoms with Crippen LogP contribution in [0.15, 0.2) is 12.1 Å². The fourth-order valence-corrected chi connectivity index (χ4v) is 3.32. The lowest BCUT2D eigenvalue weighted by atomic mass is 10.2. The van der Waals surface area contributed by atoms with Crippen LogP contribution in [0.25, 0.3) is 0 Å². The fourth-order valence-electron chi connectivity index (χ4n) is 1.19. The summed E-state index contributed by atoms with van der Waals surface area (Å²) in [5.41, 5.74) is 0.277. The molecule has 0 atom stereocenters. The number of nitrogens with zero attached hydrogens (tertiary/aromatic N) is 1. The maximum Gasteiger partial charge on any atom is 0.155 e. The quantitative estimate of drug-likeness (QED) is 0.800. The van der Waals surface area contributed by atoms with Crippen molar-refractivity contribution in [1.29, 1.82) is 5.26 Å². The molecule has 0 heterocycles. The van der Waals surface area contributed by atoms with E-state index in [0.29, 0.717) is 0 Å². The average molecular weight is 313 g/mol. The molecule has 17 heavy (non-hydrogen) atoms. The SMILES string of the molecule is N#CCCS(=O)(=O)Cc1c(Cl)ccc(Cl)c1Cl. The lowest BCUT2D eigenvalue weighted by Crippen LogP contribution is -2.09. The van der Waals surface area contributed by atoms with Crippen molar-refractivity contribution in [1.82, 2.24) is 0 Å². The number of hydrogen-bond acceptors (Lipinski definition) is 3. The Morgan fingerprint density at radius 3 is 2.35 bits per heavy atom. The zero-order valence-electron chi connectivity index (χ0n) is 8.58. The molecule has 0 amide bonds. The number of benzene rings is 1. The van der Waals surface area contributed by atoms with Crippen LogP contribution in [0.3, 0.4) is 0 Å². The van der Waals surface area contributed by atoms with E-state index in [0.717, 1.165) is 0 Å². The molecular formula is C10H8Cl3NO2S. The van der Waals surface area contributed by atoms with Crippen LogP contribution in [0.5, 0.6) is 0 Å². The van der Waals surface area contributed by atoms with Gasteiger partial charge in [0.15, 0.2) is 9.84 Å². The first-order valence-electron chi connectivity index (χ1n) is 4.57. The molecule has 0 aliphatic heterocycles. The Morgan fingerprint density at radius 1 is 1.18 bits per heavy atom. The van der Waals surface area contributed by atoms with Crippen LogP contribution in [0.2, 0.25) is 15.1 Å². The van der Waals surface area contributed by atoms with Gasteiger partial charge < -0.3 is 0 Å². The summed E-state index contributed by atoms with van der Waals surface area (Å²) in [5, 5.41) is 9.00. The number of nitriles is 1. The maximum absolute atomic E-state index is 11.7. The number of halogens is 3. The zero-order chi connectivity index (χ0) is 13.1. The number of rotatable bonds is 4. The highest BCUT2D eigenvalue weighted by Crippen LogP contribution is 2.32. The van der Waals surface area contributed by atoms with E-state index in [4.69, 9.17) is 40.1 Å². The van der Waals surface area contributed by atoms with Crippen molar-refractivity contribution in [2.45, 2.75) is 12.2 Å². The van der Waals surface area contributed by atoms with Crippen LogP contribution in [0.1, 0.15) is 12.0 Å². The van der Waals surface area contributed by atoms with Crippen molar-refractivity contribution >= 4 is 44.6 Å². The van der Waals surface area contributed by atoms with Gasteiger partial charge in [-0.15, -0.1) is 0 Å². The van der Waals surface area contributed by atoms with Gasteiger partial charge in [0.25, 0.3) is 0 Å². The molecular weight excluding hydrogens is 305 g/mol. The van der Waals surface area contributed by atoms with Crippen LogP contribution in [0.4, 0.5) is 0 Å². The van der Waals surface area contributed by atoms with Gasteiger partial charge in [-0.2, -0.15) is 5.26 Å². The smallest absolute Gasteiger partial charge is 0.155 e. The summed E-state index contributed by atoms with van der Waals surface area (Å²) in [6.45, 7) is 0. The number of hydrogen-bond donors (Lipinski definition) is 0. The molecule has 0 aliphatic rings. The zero-order valence-corrected chi connectivity index (χ0v) is 11.7. The highest BCUT2D eigenvalue weighted by atomic mass is 35.5. The normalized spacial score (nSPS) is 11.2. The van der Waals surface area contributed by atoms with Crippen molar-refractivity contribution in [3.8, 4) is 6.07 Å². The van der Waals surface area contributed by atoms with E-state index in [1.807, 2.05) is 0 Å². The van der Waals surface area contributed by atoms with Crippen molar-refractivity contribution in [2.75, 3.05) is 5.75 Å². The minimum Gasteiger partial charge on any atom is -0.228 e. The second kappa shape index (κ2) is 5.92. The molecule has 0 aromatic heterocycles. The third-order valence-electron chi connectivity index (χ3n) is 2.03. The summed E-state index contributed by atoms with van der Waals surface area (Å²) >= 11 is 17.5. The predicted molar refractivity (Wildman–Crippen MR) is 69.2 cm³/mol. The second-order valence-corrected chi connectivity index (χ2v) is 6.70. The third kappa shape index (κ3) is 4.04. The van der Waals surface area contributed by atoms with Gasteiger partial charge in [-0.05, 0) is 12.1 Å². The molecule has 0 N–H and O–H groups in total. The molecule has 3 nitrogen and oxygen atoms in total. The first-order chi connectivity index (χ1) is 7.87. The van der Waals surface area contributed by atoms with Gasteiger partial charge in [0.05, 0.1) is 27.6 Å². The van der Waals surface area contributed by atoms with E-state index in [9.17, 15) is 8.42 Å². The van der Waals surface area contributed by atoms with E-state index in [-0.39, 0.29) is 38.6 Å². The Hall–Kier alpha value is -0.470. The minimum absolute atomic E-state index is 0.0574. The van der Waals surface area contributed by atoms with E-state index in [1.165, 1.54) is 12.1 Å². The summed E-state index contributed by atoms with van der Waals surface area (Å²) in [6.07, 6.45) is -0.0574. The van der Waals surface area contributed by atoms with Crippen LogP contribution >= 0.6 is 34.8 Å². The van der Waals surface area contributed by atoms with Crippen molar-refractivity contribution in [3.63, 3.8) is 0 Å². The fraction of sp³-hybridized carbons (Fsp3) is 0.300. The summed E-state index contributed by atoms with van der Waals surface area (Å²) in [7, 11) is -3.41. The molecule has 7 heteroatoms. The lowest BCUT2D eigenvalue weighted by molar-refractivity contribution is 0.595. The molecule has 0 fully saturated rings. The first kappa shape index (κ1) is 14.6. The van der Waals surface area contributed by atoms with Gasteiger partial charge in [-0.25, -0.2) is 8.42 Å². The van der Waals surface area contributed by atoms with Gasteiger partial charge >= 0.3 is 0 Å². The molecule has 1 rings (SSSR count). The Balaban J connectivity index is 3.04. The number of sulfone groups is 1. The van der Waals surface area contributed by atoms with Gasteiger partial charge in [-0.3, -0.25) is 0 Å². The molecule has 0 saturated heterocycles. The Kier molecular flexibility index (Phi) is 5.08. The van der Waals surface area contributed by atoms with E-state index in [2.05, 4.69) is 0 Å². The second-order valence-electron chi connectivity index (χ2n) is 3.32.